The van der Waals surface area contributed by atoms with E-state index in [-0.39, 0.29) is 5.75 Å². The lowest BCUT2D eigenvalue weighted by molar-refractivity contribution is -0.698. The number of nitrogens with zero attached hydrogens (tertiary/aromatic N) is 1. The standard InChI is InChI=1S/C10H13NO3S/c1-2-10-6-3-4-7-11(10)8-5-9-15(12,13)14/h2-4,6-7H,1,5,8-9H2. The van der Waals surface area contributed by atoms with Crippen molar-refractivity contribution in [2.24, 2.45) is 0 Å². The van der Waals surface area contributed by atoms with E-state index in [2.05, 4.69) is 6.58 Å². The van der Waals surface area contributed by atoms with Gasteiger partial charge in [-0.3, -0.25) is 0 Å². The van der Waals surface area contributed by atoms with Crippen LogP contribution >= 0.6 is 0 Å². The molecule has 0 aliphatic heterocycles. The van der Waals surface area contributed by atoms with Gasteiger partial charge in [-0.2, -0.15) is 4.57 Å². The van der Waals surface area contributed by atoms with Crippen LogP contribution in [0.1, 0.15) is 12.1 Å². The van der Waals surface area contributed by atoms with Crippen LogP contribution < -0.4 is 4.57 Å². The van der Waals surface area contributed by atoms with Gasteiger partial charge in [-0.15, -0.1) is 0 Å². The lowest BCUT2D eigenvalue weighted by atomic mass is 10.3. The monoisotopic (exact) mass is 227 g/mol. The number of hydrogen-bond acceptors (Lipinski definition) is 3. The average molecular weight is 227 g/mol. The molecule has 1 aromatic rings. The molecule has 0 spiro atoms. The molecule has 0 aliphatic rings. The smallest absolute Gasteiger partial charge is 0.204 e. The Bertz CT molecular complexity index is 440. The Hall–Kier alpha value is -1.20. The number of hydrogen-bond donors (Lipinski definition) is 0. The second kappa shape index (κ2) is 5.04. The van der Waals surface area contributed by atoms with E-state index in [0.717, 1.165) is 5.69 Å². The highest BCUT2D eigenvalue weighted by atomic mass is 32.2. The van der Waals surface area contributed by atoms with E-state index in [4.69, 9.17) is 0 Å². The number of pyridine rings is 1. The van der Waals surface area contributed by atoms with Crippen LogP contribution in [0.5, 0.6) is 0 Å². The predicted octanol–water partition coefficient (Wildman–Crippen LogP) is 0.552. The quantitative estimate of drug-likeness (QED) is 0.545. The van der Waals surface area contributed by atoms with Gasteiger partial charge >= 0.3 is 0 Å². The van der Waals surface area contributed by atoms with Gasteiger partial charge in [0.05, 0.1) is 10.1 Å². The van der Waals surface area contributed by atoms with Gasteiger partial charge in [0, 0.05) is 30.4 Å². The Morgan fingerprint density at radius 2 is 2.20 bits per heavy atom. The molecule has 0 N–H and O–H groups in total. The maximum Gasteiger partial charge on any atom is 0.204 e. The molecule has 0 unspecified atom stereocenters. The Morgan fingerprint density at radius 1 is 1.47 bits per heavy atom. The van der Waals surface area contributed by atoms with Gasteiger partial charge in [-0.1, -0.05) is 6.58 Å². The Kier molecular flexibility index (Phi) is 3.99. The summed E-state index contributed by atoms with van der Waals surface area (Å²) in [4.78, 5) is 0. The minimum Gasteiger partial charge on any atom is -0.748 e. The zero-order valence-corrected chi connectivity index (χ0v) is 9.11. The van der Waals surface area contributed by atoms with Gasteiger partial charge in [0.1, 0.15) is 6.54 Å². The molecule has 0 atom stereocenters. The first kappa shape index (κ1) is 11.9. The van der Waals surface area contributed by atoms with Crippen molar-refractivity contribution in [1.29, 1.82) is 0 Å². The minimum atomic E-state index is -4.10. The van der Waals surface area contributed by atoms with E-state index in [1.54, 1.807) is 6.08 Å². The molecule has 1 heterocycles. The lowest BCUT2D eigenvalue weighted by Crippen LogP contribution is -2.37. The zero-order chi connectivity index (χ0) is 11.3. The third-order valence-corrected chi connectivity index (χ3v) is 2.77. The molecule has 5 heteroatoms. The van der Waals surface area contributed by atoms with Gasteiger partial charge < -0.3 is 4.55 Å². The molecule has 1 aromatic heterocycles. The zero-order valence-electron chi connectivity index (χ0n) is 8.30. The normalized spacial score (nSPS) is 11.3. The molecular weight excluding hydrogens is 214 g/mol. The first-order chi connectivity index (χ1) is 7.03. The van der Waals surface area contributed by atoms with Crippen LogP contribution in [0.25, 0.3) is 6.08 Å². The first-order valence-electron chi connectivity index (χ1n) is 4.57. The number of aryl methyl sites for hydroxylation is 1. The maximum absolute atomic E-state index is 10.4. The van der Waals surface area contributed by atoms with Gasteiger partial charge in [0.2, 0.25) is 5.69 Å². The molecule has 0 saturated carbocycles. The lowest BCUT2D eigenvalue weighted by Gasteiger charge is -2.04. The van der Waals surface area contributed by atoms with Gasteiger partial charge in [-0.25, -0.2) is 8.42 Å². The van der Waals surface area contributed by atoms with Gasteiger partial charge in [0.25, 0.3) is 0 Å². The van der Waals surface area contributed by atoms with Crippen molar-refractivity contribution >= 4 is 16.2 Å². The summed E-state index contributed by atoms with van der Waals surface area (Å²) in [6, 6.07) is 5.59. The SMILES string of the molecule is C=Cc1cccc[n+]1CCCS(=O)(=O)[O-]. The molecular formula is C10H13NO3S. The van der Waals surface area contributed by atoms with Crippen molar-refractivity contribution in [3.05, 3.63) is 36.7 Å². The summed E-state index contributed by atoms with van der Waals surface area (Å²) in [6.07, 6.45) is 3.83. The molecule has 0 aliphatic carbocycles. The first-order valence-corrected chi connectivity index (χ1v) is 6.15. The Balaban J connectivity index is 2.61. The van der Waals surface area contributed by atoms with E-state index in [1.807, 2.05) is 29.0 Å². The van der Waals surface area contributed by atoms with Crippen molar-refractivity contribution in [2.75, 3.05) is 5.75 Å². The molecule has 0 bridgehead atoms. The van der Waals surface area contributed by atoms with Crippen molar-refractivity contribution in [3.8, 4) is 0 Å². The summed E-state index contributed by atoms with van der Waals surface area (Å²) in [5.41, 5.74) is 0.904. The van der Waals surface area contributed by atoms with Crippen LogP contribution in [0.3, 0.4) is 0 Å². The molecule has 0 saturated heterocycles. The van der Waals surface area contributed by atoms with Crippen LogP contribution in [0.2, 0.25) is 0 Å². The topological polar surface area (TPSA) is 61.1 Å². The third-order valence-electron chi connectivity index (χ3n) is 1.98. The summed E-state index contributed by atoms with van der Waals surface area (Å²) in [6.45, 7) is 4.15. The molecule has 0 radical (unpaired) electrons. The highest BCUT2D eigenvalue weighted by molar-refractivity contribution is 7.85. The fourth-order valence-electron chi connectivity index (χ4n) is 1.29. The van der Waals surface area contributed by atoms with Crippen LogP contribution in [0, 0.1) is 0 Å². The van der Waals surface area contributed by atoms with Crippen LogP contribution in [-0.2, 0) is 16.7 Å². The fraction of sp³-hybridized carbons (Fsp3) is 0.300. The summed E-state index contributed by atoms with van der Waals surface area (Å²) < 4.78 is 33.0. The summed E-state index contributed by atoms with van der Waals surface area (Å²) in [5, 5.41) is 0. The van der Waals surface area contributed by atoms with E-state index in [1.165, 1.54) is 0 Å². The molecule has 0 aromatic carbocycles. The Labute approximate surface area is 89.6 Å². The summed E-state index contributed by atoms with van der Waals surface area (Å²) in [5.74, 6) is -0.328. The predicted molar refractivity (Wildman–Crippen MR) is 55.9 cm³/mol. The molecule has 82 valence electrons. The number of rotatable bonds is 5. The summed E-state index contributed by atoms with van der Waals surface area (Å²) in [7, 11) is -4.10. The van der Waals surface area contributed by atoms with Gasteiger partial charge in [-0.05, 0) is 6.07 Å². The van der Waals surface area contributed by atoms with E-state index >= 15 is 0 Å². The second-order valence-electron chi connectivity index (χ2n) is 3.14. The molecule has 1 rings (SSSR count). The molecule has 0 amide bonds. The van der Waals surface area contributed by atoms with E-state index in [9.17, 15) is 13.0 Å². The molecule has 0 fully saturated rings. The van der Waals surface area contributed by atoms with Crippen molar-refractivity contribution in [1.82, 2.24) is 0 Å². The average Bonchev–Trinajstić information content (AvgIpc) is 2.16. The fourth-order valence-corrected chi connectivity index (χ4v) is 1.77. The van der Waals surface area contributed by atoms with Crippen LogP contribution in [0.15, 0.2) is 31.0 Å². The Morgan fingerprint density at radius 3 is 2.80 bits per heavy atom. The second-order valence-corrected chi connectivity index (χ2v) is 4.66. The molecule has 4 nitrogen and oxygen atoms in total. The van der Waals surface area contributed by atoms with Crippen LogP contribution in [0.4, 0.5) is 0 Å². The summed E-state index contributed by atoms with van der Waals surface area (Å²) >= 11 is 0. The minimum absolute atomic E-state index is 0.321. The van der Waals surface area contributed by atoms with Gasteiger partial charge in [0.15, 0.2) is 6.20 Å². The highest BCUT2D eigenvalue weighted by Crippen LogP contribution is 1.95. The molecule has 15 heavy (non-hydrogen) atoms. The van der Waals surface area contributed by atoms with Crippen LogP contribution in [-0.4, -0.2) is 18.7 Å². The largest absolute Gasteiger partial charge is 0.748 e. The van der Waals surface area contributed by atoms with Crippen molar-refractivity contribution in [2.45, 2.75) is 13.0 Å². The van der Waals surface area contributed by atoms with Crippen molar-refractivity contribution < 1.29 is 17.5 Å². The third kappa shape index (κ3) is 4.22. The van der Waals surface area contributed by atoms with E-state index < -0.39 is 10.1 Å². The van der Waals surface area contributed by atoms with Crippen molar-refractivity contribution in [3.63, 3.8) is 0 Å². The van der Waals surface area contributed by atoms with E-state index in [0.29, 0.717) is 13.0 Å². The highest BCUT2D eigenvalue weighted by Gasteiger charge is 2.06. The maximum atomic E-state index is 10.4. The number of aromatic nitrogens is 1.